The first-order chi connectivity index (χ1) is 16.6. The van der Waals surface area contributed by atoms with Crippen molar-refractivity contribution >= 4 is 18.4 Å². The minimum atomic E-state index is -0.719. The largest absolute Gasteiger partial charge is 0.489 e. The summed E-state index contributed by atoms with van der Waals surface area (Å²) in [4.78, 5) is 17.8. The van der Waals surface area contributed by atoms with Crippen LogP contribution in [0.2, 0.25) is 0 Å². The Balaban J connectivity index is 0.00000289. The normalized spacial score (nSPS) is 18.2. The Labute approximate surface area is 209 Å². The maximum absolute atomic E-state index is 11.2. The molecule has 182 valence electrons. The molecule has 1 atom stereocenters. The first-order valence-corrected chi connectivity index (χ1v) is 11.7. The predicted molar refractivity (Wildman–Crippen MR) is 131 cm³/mol. The van der Waals surface area contributed by atoms with E-state index in [1.807, 2.05) is 30.3 Å². The molecule has 2 heterocycles. The lowest BCUT2D eigenvalue weighted by Gasteiger charge is -2.15. The smallest absolute Gasteiger partial charge is 0.307 e. The molecule has 1 saturated heterocycles. The third kappa shape index (κ3) is 5.64. The molecule has 2 aliphatic rings. The highest BCUT2D eigenvalue weighted by molar-refractivity contribution is 5.85. The highest BCUT2D eigenvalue weighted by Crippen LogP contribution is 2.30. The van der Waals surface area contributed by atoms with E-state index in [-0.39, 0.29) is 24.4 Å². The van der Waals surface area contributed by atoms with Crippen molar-refractivity contribution in [3.8, 4) is 34.7 Å². The lowest BCUT2D eigenvalue weighted by Crippen LogP contribution is -2.22. The Kier molecular flexibility index (Phi) is 7.69. The number of halogens is 1. The van der Waals surface area contributed by atoms with E-state index in [4.69, 9.17) is 9.26 Å². The number of rotatable bonds is 7. The third-order valence-electron chi connectivity index (χ3n) is 6.61. The second-order valence-corrected chi connectivity index (χ2v) is 9.03. The van der Waals surface area contributed by atoms with Gasteiger partial charge in [0.25, 0.3) is 5.89 Å². The van der Waals surface area contributed by atoms with Gasteiger partial charge in [0.1, 0.15) is 11.8 Å². The molecule has 1 aliphatic heterocycles. The Bertz CT molecular complexity index is 1210. The van der Waals surface area contributed by atoms with Crippen LogP contribution in [0.4, 0.5) is 0 Å². The summed E-state index contributed by atoms with van der Waals surface area (Å²) >= 11 is 0. The number of aliphatic carboxylic acids is 1. The van der Waals surface area contributed by atoms with E-state index in [9.17, 15) is 15.2 Å². The number of benzene rings is 2. The quantitative estimate of drug-likeness (QED) is 0.492. The number of ether oxygens (including phenoxy) is 1. The molecule has 8 nitrogen and oxygen atoms in total. The van der Waals surface area contributed by atoms with Crippen LogP contribution in [0.3, 0.4) is 0 Å². The van der Waals surface area contributed by atoms with Gasteiger partial charge in [-0.05, 0) is 62.4 Å². The van der Waals surface area contributed by atoms with Crippen LogP contribution in [0.15, 0.2) is 47.0 Å². The zero-order valence-electron chi connectivity index (χ0n) is 19.2. The zero-order valence-corrected chi connectivity index (χ0v) is 20.0. The maximum Gasteiger partial charge on any atom is 0.307 e. The Morgan fingerprint density at radius 2 is 1.89 bits per heavy atom. The van der Waals surface area contributed by atoms with Gasteiger partial charge in [-0.3, -0.25) is 9.69 Å². The number of carboxylic acids is 1. The molecule has 0 amide bonds. The number of nitriles is 1. The molecule has 2 aromatic carbocycles. The summed E-state index contributed by atoms with van der Waals surface area (Å²) in [5.41, 5.74) is 3.06. The van der Waals surface area contributed by atoms with Gasteiger partial charge in [-0.25, -0.2) is 0 Å². The molecule has 5 rings (SSSR count). The van der Waals surface area contributed by atoms with Crippen LogP contribution < -0.4 is 4.74 Å². The van der Waals surface area contributed by atoms with Crippen LogP contribution in [0, 0.1) is 17.2 Å². The van der Waals surface area contributed by atoms with Gasteiger partial charge in [-0.2, -0.15) is 10.2 Å². The summed E-state index contributed by atoms with van der Waals surface area (Å²) in [7, 11) is 0. The van der Waals surface area contributed by atoms with Gasteiger partial charge >= 0.3 is 5.97 Å². The summed E-state index contributed by atoms with van der Waals surface area (Å²) in [6, 6.07) is 15.5. The molecule has 35 heavy (non-hydrogen) atoms. The van der Waals surface area contributed by atoms with Gasteiger partial charge in [0.15, 0.2) is 0 Å². The van der Waals surface area contributed by atoms with Crippen LogP contribution in [-0.2, 0) is 11.3 Å². The third-order valence-corrected chi connectivity index (χ3v) is 6.61. The Morgan fingerprint density at radius 3 is 2.57 bits per heavy atom. The topological polar surface area (TPSA) is 112 Å². The van der Waals surface area contributed by atoms with Crippen LogP contribution in [0.5, 0.6) is 5.75 Å². The minimum Gasteiger partial charge on any atom is -0.489 e. The van der Waals surface area contributed by atoms with Crippen molar-refractivity contribution in [2.75, 3.05) is 13.1 Å². The van der Waals surface area contributed by atoms with Crippen molar-refractivity contribution in [2.45, 2.75) is 44.8 Å². The van der Waals surface area contributed by atoms with Crippen molar-refractivity contribution in [1.29, 1.82) is 5.26 Å². The van der Waals surface area contributed by atoms with Crippen molar-refractivity contribution in [1.82, 2.24) is 15.0 Å². The average molecular weight is 495 g/mol. The molecule has 0 bridgehead atoms. The number of aromatic nitrogens is 2. The van der Waals surface area contributed by atoms with Gasteiger partial charge in [0, 0.05) is 24.2 Å². The minimum absolute atomic E-state index is 0. The molecule has 0 radical (unpaired) electrons. The summed E-state index contributed by atoms with van der Waals surface area (Å²) < 4.78 is 11.5. The Hall–Kier alpha value is -3.41. The summed E-state index contributed by atoms with van der Waals surface area (Å²) in [6.45, 7) is 2.09. The SMILES string of the molecule is Cl.N#Cc1cc(-c2nc(-c3ccc(CN4CCC(C(=O)O)C4)cc3)no2)ccc1OC1CCCC1. The number of carboxylic acid groups (broad SMARTS) is 1. The number of carbonyl (C=O) groups is 1. The molecular formula is C26H27ClN4O4. The molecule has 3 aromatic rings. The summed E-state index contributed by atoms with van der Waals surface area (Å²) in [5, 5.41) is 22.9. The average Bonchev–Trinajstić information content (AvgIpc) is 3.62. The van der Waals surface area contributed by atoms with E-state index in [1.165, 1.54) is 12.8 Å². The van der Waals surface area contributed by atoms with Crippen molar-refractivity contribution in [3.05, 3.63) is 53.6 Å². The highest BCUT2D eigenvalue weighted by atomic mass is 35.5. The first kappa shape index (κ1) is 24.7. The summed E-state index contributed by atoms with van der Waals surface area (Å²) in [6.07, 6.45) is 5.26. The number of likely N-dealkylation sites (tertiary alicyclic amines) is 1. The predicted octanol–water partition coefficient (Wildman–Crippen LogP) is 4.92. The van der Waals surface area contributed by atoms with E-state index >= 15 is 0 Å². The fraction of sp³-hybridized carbons (Fsp3) is 0.385. The lowest BCUT2D eigenvalue weighted by atomic mass is 10.1. The van der Waals surface area contributed by atoms with Crippen molar-refractivity contribution < 1.29 is 19.2 Å². The second kappa shape index (κ2) is 10.9. The van der Waals surface area contributed by atoms with Gasteiger partial charge in [0.2, 0.25) is 5.82 Å². The molecule has 1 unspecified atom stereocenters. The van der Waals surface area contributed by atoms with Gasteiger partial charge < -0.3 is 14.4 Å². The number of hydrogen-bond donors (Lipinski definition) is 1. The van der Waals surface area contributed by atoms with Crippen LogP contribution in [0.25, 0.3) is 22.8 Å². The van der Waals surface area contributed by atoms with E-state index in [0.717, 1.165) is 30.5 Å². The van der Waals surface area contributed by atoms with E-state index in [1.54, 1.807) is 12.1 Å². The number of nitrogens with zero attached hydrogens (tertiary/aromatic N) is 4. The highest BCUT2D eigenvalue weighted by Gasteiger charge is 2.27. The standard InChI is InChI=1S/C26H26N4O4.ClH/c27-14-21-13-19(9-10-23(21)33-22-3-1-2-4-22)25-28-24(29-34-25)18-7-5-17(6-8-18)15-30-12-11-20(16-30)26(31)32;/h5-10,13,20,22H,1-4,11-12,15-16H2,(H,31,32);1H. The molecule has 1 N–H and O–H groups in total. The monoisotopic (exact) mass is 494 g/mol. The van der Waals surface area contributed by atoms with E-state index in [2.05, 4.69) is 21.1 Å². The first-order valence-electron chi connectivity index (χ1n) is 11.7. The molecule has 1 aromatic heterocycles. The Morgan fingerprint density at radius 1 is 1.14 bits per heavy atom. The van der Waals surface area contributed by atoms with E-state index in [0.29, 0.717) is 48.1 Å². The van der Waals surface area contributed by atoms with Gasteiger partial charge in [-0.15, -0.1) is 12.4 Å². The molecule has 2 fully saturated rings. The van der Waals surface area contributed by atoms with Gasteiger partial charge in [0.05, 0.1) is 17.6 Å². The molecule has 1 saturated carbocycles. The van der Waals surface area contributed by atoms with Crippen LogP contribution >= 0.6 is 12.4 Å². The zero-order chi connectivity index (χ0) is 23.5. The van der Waals surface area contributed by atoms with Gasteiger partial charge in [-0.1, -0.05) is 29.4 Å². The maximum atomic E-state index is 11.2. The lowest BCUT2D eigenvalue weighted by molar-refractivity contribution is -0.141. The molecular weight excluding hydrogens is 468 g/mol. The van der Waals surface area contributed by atoms with Crippen LogP contribution in [0.1, 0.15) is 43.2 Å². The van der Waals surface area contributed by atoms with Crippen molar-refractivity contribution in [3.63, 3.8) is 0 Å². The van der Waals surface area contributed by atoms with Crippen LogP contribution in [-0.4, -0.2) is 45.3 Å². The molecule has 9 heteroatoms. The number of hydrogen-bond acceptors (Lipinski definition) is 7. The second-order valence-electron chi connectivity index (χ2n) is 9.03. The summed E-state index contributed by atoms with van der Waals surface area (Å²) in [5.74, 6) is 0.421. The fourth-order valence-corrected chi connectivity index (χ4v) is 4.69. The molecule has 0 spiro atoms. The fourth-order valence-electron chi connectivity index (χ4n) is 4.69. The van der Waals surface area contributed by atoms with Crippen molar-refractivity contribution in [2.24, 2.45) is 5.92 Å². The van der Waals surface area contributed by atoms with E-state index < -0.39 is 5.97 Å². The molecule has 1 aliphatic carbocycles.